The Morgan fingerprint density at radius 2 is 1.48 bits per heavy atom. The van der Waals surface area contributed by atoms with Gasteiger partial charge in [0.1, 0.15) is 5.84 Å². The van der Waals surface area contributed by atoms with Crippen LogP contribution >= 0.6 is 0 Å². The molecule has 2 saturated heterocycles. The summed E-state index contributed by atoms with van der Waals surface area (Å²) < 4.78 is 5.59. The lowest BCUT2D eigenvalue weighted by Gasteiger charge is -2.53. The molecule has 9 nitrogen and oxygen atoms in total. The fraction of sp³-hybridized carbons (Fsp3) is 0.553. The third-order valence-corrected chi connectivity index (χ3v) is 13.2. The maximum absolute atomic E-state index is 14.3. The van der Waals surface area contributed by atoms with Crippen LogP contribution in [0.25, 0.3) is 0 Å². The van der Waals surface area contributed by atoms with E-state index in [9.17, 15) is 9.59 Å². The molecule has 0 bridgehead atoms. The van der Waals surface area contributed by atoms with E-state index in [-0.39, 0.29) is 17.2 Å². The normalized spacial score (nSPS) is 24.1. The number of pyridine rings is 1. The van der Waals surface area contributed by atoms with Gasteiger partial charge in [-0.1, -0.05) is 103 Å². The number of nitrogens with one attached hydrogen (secondary N) is 1. The molecule has 0 atom stereocenters. The van der Waals surface area contributed by atoms with Gasteiger partial charge in [-0.3, -0.25) is 14.5 Å². The Hall–Kier alpha value is -4.37. The molecule has 2 aliphatic carbocycles. The Balaban J connectivity index is 0.988. The van der Waals surface area contributed by atoms with E-state index in [1.165, 1.54) is 89.7 Å². The zero-order chi connectivity index (χ0) is 38.7. The van der Waals surface area contributed by atoms with Crippen molar-refractivity contribution in [2.45, 2.75) is 109 Å². The number of hydrogen-bond acceptors (Lipinski definition) is 6. The van der Waals surface area contributed by atoms with Crippen molar-refractivity contribution in [2.24, 2.45) is 33.2 Å². The first-order valence-corrected chi connectivity index (χ1v) is 21.6. The molecule has 1 aromatic carbocycles. The van der Waals surface area contributed by atoms with Crippen LogP contribution in [0.5, 0.6) is 0 Å². The van der Waals surface area contributed by atoms with Gasteiger partial charge in [-0.05, 0) is 85.9 Å². The van der Waals surface area contributed by atoms with Gasteiger partial charge in [0.05, 0.1) is 17.8 Å². The van der Waals surface area contributed by atoms with Crippen LogP contribution in [-0.4, -0.2) is 66.1 Å². The molecule has 1 N–H and O–H groups in total. The summed E-state index contributed by atoms with van der Waals surface area (Å²) >= 11 is 0. The van der Waals surface area contributed by atoms with Crippen molar-refractivity contribution < 1.29 is 14.3 Å². The van der Waals surface area contributed by atoms with Crippen LogP contribution in [0.1, 0.15) is 120 Å². The van der Waals surface area contributed by atoms with E-state index < -0.39 is 0 Å². The van der Waals surface area contributed by atoms with Gasteiger partial charge in [-0.15, -0.1) is 0 Å². The SMILES string of the molecule is C=C/C=C(/C(=O)Nc1ccc(C(=O)N2CC(C3CCCC(C4CCCCCCCCC4)CCC3)=Nc3ncccc32)cc1)C(=NC=C)N1CC2(CCOCC2)C1. The number of aromatic nitrogens is 1. The molecule has 2 aromatic rings. The van der Waals surface area contributed by atoms with Crippen molar-refractivity contribution in [1.29, 1.82) is 0 Å². The third kappa shape index (κ3) is 9.59. The van der Waals surface area contributed by atoms with Gasteiger partial charge >= 0.3 is 0 Å². The van der Waals surface area contributed by atoms with Crippen LogP contribution in [0.2, 0.25) is 0 Å². The standard InChI is InChI=1S/C47H62N6O3/c1-3-15-40(44(48-4-2)52-33-47(34-52)27-30-56-31-28-47)45(54)50-39-25-23-38(24-26-39)46(55)53-32-41(51-43-42(53)22-14-29-49-43)37-20-12-18-36(19-13-21-37)35-16-10-8-6-5-7-9-11-17-35/h3-4,14-15,22-26,29,35-37H,1-2,5-13,16-21,27-28,30-34H2,(H,50,54)/b40-15+,48-44?. The molecule has 2 saturated carbocycles. The van der Waals surface area contributed by atoms with Crippen molar-refractivity contribution in [3.05, 3.63) is 85.2 Å². The second kappa shape index (κ2) is 19.2. The predicted molar refractivity (Wildman–Crippen MR) is 228 cm³/mol. The average Bonchev–Trinajstić information content (AvgIpc) is 3.20. The van der Waals surface area contributed by atoms with Crippen LogP contribution in [0.3, 0.4) is 0 Å². The summed E-state index contributed by atoms with van der Waals surface area (Å²) in [7, 11) is 0. The minimum Gasteiger partial charge on any atom is -0.381 e. The van der Waals surface area contributed by atoms with Gasteiger partial charge in [0, 0.05) is 61.1 Å². The van der Waals surface area contributed by atoms with Crippen LogP contribution < -0.4 is 10.2 Å². The molecule has 1 aromatic heterocycles. The fourth-order valence-corrected chi connectivity index (χ4v) is 10.0. The molecule has 3 aliphatic heterocycles. The number of amides is 2. The Morgan fingerprint density at radius 1 is 0.839 bits per heavy atom. The number of amidine groups is 1. The van der Waals surface area contributed by atoms with E-state index in [2.05, 4.69) is 33.4 Å². The molecule has 0 unspecified atom stereocenters. The van der Waals surface area contributed by atoms with Crippen molar-refractivity contribution in [2.75, 3.05) is 43.1 Å². The van der Waals surface area contributed by atoms with E-state index in [1.54, 1.807) is 42.6 Å². The van der Waals surface area contributed by atoms with Crippen LogP contribution in [0.15, 0.2) is 89.7 Å². The fourth-order valence-electron chi connectivity index (χ4n) is 10.0. The summed E-state index contributed by atoms with van der Waals surface area (Å²) in [6.07, 6.45) is 28.6. The van der Waals surface area contributed by atoms with E-state index in [0.29, 0.717) is 40.9 Å². The van der Waals surface area contributed by atoms with Gasteiger partial charge in [-0.25, -0.2) is 15.0 Å². The van der Waals surface area contributed by atoms with E-state index in [1.807, 2.05) is 17.0 Å². The number of ether oxygens (including phenoxy) is 1. The molecule has 298 valence electrons. The van der Waals surface area contributed by atoms with Gasteiger partial charge in [-0.2, -0.15) is 0 Å². The van der Waals surface area contributed by atoms with Crippen molar-refractivity contribution in [1.82, 2.24) is 9.88 Å². The number of nitrogens with zero attached hydrogens (tertiary/aromatic N) is 5. The first-order valence-electron chi connectivity index (χ1n) is 21.6. The lowest BCUT2D eigenvalue weighted by molar-refractivity contribution is -0.112. The number of aliphatic imine (C=N–C) groups is 2. The number of likely N-dealkylation sites (tertiary alicyclic amines) is 1. The zero-order valence-corrected chi connectivity index (χ0v) is 33.4. The summed E-state index contributed by atoms with van der Waals surface area (Å²) in [5, 5.41) is 3.03. The Kier molecular flexibility index (Phi) is 13.7. The maximum Gasteiger partial charge on any atom is 0.259 e. The molecule has 2 amide bonds. The smallest absolute Gasteiger partial charge is 0.259 e. The minimum atomic E-state index is -0.296. The number of allylic oxidation sites excluding steroid dienone is 2. The second-order valence-corrected chi connectivity index (χ2v) is 16.9. The number of carbonyl (C=O) groups is 2. The Labute approximate surface area is 334 Å². The number of benzene rings is 1. The Bertz CT molecular complexity index is 1760. The molecular weight excluding hydrogens is 697 g/mol. The van der Waals surface area contributed by atoms with Crippen molar-refractivity contribution >= 4 is 40.6 Å². The molecule has 0 radical (unpaired) electrons. The lowest BCUT2D eigenvalue weighted by atomic mass is 9.73. The largest absolute Gasteiger partial charge is 0.381 e. The minimum absolute atomic E-state index is 0.0982. The topological polar surface area (TPSA) is 99.5 Å². The Morgan fingerprint density at radius 3 is 2.12 bits per heavy atom. The van der Waals surface area contributed by atoms with Crippen LogP contribution in [0, 0.1) is 23.2 Å². The van der Waals surface area contributed by atoms with Crippen molar-refractivity contribution in [3.63, 3.8) is 0 Å². The highest BCUT2D eigenvalue weighted by Crippen LogP contribution is 2.41. The molecular formula is C47H62N6O3. The molecule has 4 fully saturated rings. The first-order chi connectivity index (χ1) is 27.5. The van der Waals surface area contributed by atoms with Gasteiger partial charge in [0.15, 0.2) is 5.82 Å². The molecule has 5 aliphatic rings. The summed E-state index contributed by atoms with van der Waals surface area (Å²) in [4.78, 5) is 46.2. The third-order valence-electron chi connectivity index (χ3n) is 13.2. The summed E-state index contributed by atoms with van der Waals surface area (Å²) in [5.74, 6) is 2.92. The van der Waals surface area contributed by atoms with Gasteiger partial charge < -0.3 is 15.0 Å². The highest BCUT2D eigenvalue weighted by Gasteiger charge is 2.46. The summed E-state index contributed by atoms with van der Waals surface area (Å²) in [6.45, 7) is 11.3. The molecule has 7 rings (SSSR count). The monoisotopic (exact) mass is 758 g/mol. The highest BCUT2D eigenvalue weighted by atomic mass is 16.5. The van der Waals surface area contributed by atoms with E-state index >= 15 is 0 Å². The number of anilines is 2. The maximum atomic E-state index is 14.3. The van der Waals surface area contributed by atoms with E-state index in [0.717, 1.165) is 75.2 Å². The zero-order valence-electron chi connectivity index (χ0n) is 33.4. The highest BCUT2D eigenvalue weighted by molar-refractivity contribution is 6.25. The van der Waals surface area contributed by atoms with Crippen molar-refractivity contribution in [3.8, 4) is 0 Å². The molecule has 4 heterocycles. The lowest BCUT2D eigenvalue weighted by Crippen LogP contribution is -2.61. The molecule has 56 heavy (non-hydrogen) atoms. The summed E-state index contributed by atoms with van der Waals surface area (Å²) in [5.41, 5.74) is 3.58. The second-order valence-electron chi connectivity index (χ2n) is 16.9. The quantitative estimate of drug-likeness (QED) is 0.125. The van der Waals surface area contributed by atoms with Crippen LogP contribution in [-0.2, 0) is 9.53 Å². The number of hydrogen-bond donors (Lipinski definition) is 1. The first kappa shape index (κ1) is 39.8. The number of rotatable bonds is 8. The van der Waals surface area contributed by atoms with E-state index in [4.69, 9.17) is 9.73 Å². The summed E-state index contributed by atoms with van der Waals surface area (Å²) in [6, 6.07) is 11.0. The predicted octanol–water partition coefficient (Wildman–Crippen LogP) is 10.2. The van der Waals surface area contributed by atoms with Gasteiger partial charge in [0.25, 0.3) is 11.8 Å². The van der Waals surface area contributed by atoms with Gasteiger partial charge in [0.2, 0.25) is 0 Å². The molecule has 1 spiro atoms. The number of carbonyl (C=O) groups excluding carboxylic acids is 2. The average molecular weight is 759 g/mol. The molecule has 9 heteroatoms. The van der Waals surface area contributed by atoms with Crippen LogP contribution in [0.4, 0.5) is 17.2 Å². The number of fused-ring (bicyclic) bond motifs is 1.